The van der Waals surface area contributed by atoms with Crippen molar-refractivity contribution < 1.29 is 21.6 Å². The lowest BCUT2D eigenvalue weighted by Crippen LogP contribution is -2.41. The molecule has 0 aromatic heterocycles. The summed E-state index contributed by atoms with van der Waals surface area (Å²) in [5.74, 6) is 0.419. The zero-order valence-electron chi connectivity index (χ0n) is 15.3. The molecule has 2 aromatic carbocycles. The number of aryl methyl sites for hydroxylation is 1. The maximum atomic E-state index is 13.4. The van der Waals surface area contributed by atoms with Crippen LogP contribution in [-0.2, 0) is 26.3 Å². The van der Waals surface area contributed by atoms with Crippen molar-refractivity contribution in [2.24, 2.45) is 0 Å². The fourth-order valence-corrected chi connectivity index (χ4v) is 6.72. The van der Waals surface area contributed by atoms with Gasteiger partial charge in [-0.2, -0.15) is 0 Å². The standard InChI is InChI=1S/C19H23NO5S2/c1-3-15-4-10-19(11-5-15)27(23,24)20(17-12-13-26(21,22)14-17)16-6-8-18(25-2)9-7-16/h4-11,17H,3,12-14H2,1-2H3/t17-/m1/s1. The van der Waals surface area contributed by atoms with Gasteiger partial charge in [0.1, 0.15) is 5.75 Å². The molecular formula is C19H23NO5S2. The van der Waals surface area contributed by atoms with E-state index >= 15 is 0 Å². The first-order chi connectivity index (χ1) is 12.8. The molecule has 0 saturated carbocycles. The van der Waals surface area contributed by atoms with Crippen LogP contribution in [0.2, 0.25) is 0 Å². The number of ether oxygens (including phenoxy) is 1. The summed E-state index contributed by atoms with van der Waals surface area (Å²) in [5.41, 5.74) is 1.46. The number of hydrogen-bond acceptors (Lipinski definition) is 5. The maximum absolute atomic E-state index is 13.4. The minimum atomic E-state index is -3.90. The number of benzene rings is 2. The Morgan fingerprint density at radius 2 is 1.70 bits per heavy atom. The second kappa shape index (κ2) is 7.52. The lowest BCUT2D eigenvalue weighted by molar-refractivity contribution is 0.415. The van der Waals surface area contributed by atoms with Gasteiger partial charge in [0, 0.05) is 0 Å². The van der Waals surface area contributed by atoms with Crippen molar-refractivity contribution in [3.8, 4) is 5.75 Å². The summed E-state index contributed by atoms with van der Waals surface area (Å²) in [7, 11) is -5.62. The van der Waals surface area contributed by atoms with Gasteiger partial charge in [0.25, 0.3) is 10.0 Å². The number of rotatable bonds is 6. The second-order valence-electron chi connectivity index (χ2n) is 6.55. The predicted octanol–water partition coefficient (Wildman–Crippen LogP) is 2.64. The van der Waals surface area contributed by atoms with Crippen molar-refractivity contribution in [3.05, 3.63) is 54.1 Å². The number of nitrogens with zero attached hydrogens (tertiary/aromatic N) is 1. The summed E-state index contributed by atoms with van der Waals surface area (Å²) in [6.07, 6.45) is 1.09. The Morgan fingerprint density at radius 3 is 2.19 bits per heavy atom. The molecule has 27 heavy (non-hydrogen) atoms. The van der Waals surface area contributed by atoms with Gasteiger partial charge in [0.2, 0.25) is 0 Å². The average Bonchev–Trinajstić information content (AvgIpc) is 3.01. The highest BCUT2D eigenvalue weighted by molar-refractivity contribution is 7.93. The molecule has 3 rings (SSSR count). The van der Waals surface area contributed by atoms with Crippen LogP contribution in [0.25, 0.3) is 0 Å². The molecule has 6 nitrogen and oxygen atoms in total. The third-order valence-corrected chi connectivity index (χ3v) is 8.40. The molecular weight excluding hydrogens is 386 g/mol. The summed E-state index contributed by atoms with van der Waals surface area (Å²) >= 11 is 0. The predicted molar refractivity (Wildman–Crippen MR) is 106 cm³/mol. The minimum Gasteiger partial charge on any atom is -0.497 e. The summed E-state index contributed by atoms with van der Waals surface area (Å²) < 4.78 is 57.1. The van der Waals surface area contributed by atoms with Gasteiger partial charge >= 0.3 is 0 Å². The summed E-state index contributed by atoms with van der Waals surface area (Å²) in [6.45, 7) is 2.00. The fraction of sp³-hybridized carbons (Fsp3) is 0.368. The van der Waals surface area contributed by atoms with E-state index in [1.54, 1.807) is 48.5 Å². The van der Waals surface area contributed by atoms with Crippen molar-refractivity contribution >= 4 is 25.5 Å². The first-order valence-corrected chi connectivity index (χ1v) is 12.0. The van der Waals surface area contributed by atoms with Gasteiger partial charge in [-0.1, -0.05) is 19.1 Å². The number of anilines is 1. The summed E-state index contributed by atoms with van der Waals surface area (Å²) in [6, 6.07) is 12.7. The van der Waals surface area contributed by atoms with Crippen LogP contribution in [0, 0.1) is 0 Å². The van der Waals surface area contributed by atoms with Gasteiger partial charge in [-0.15, -0.1) is 0 Å². The molecule has 0 bridgehead atoms. The highest BCUT2D eigenvalue weighted by Crippen LogP contribution is 2.32. The van der Waals surface area contributed by atoms with E-state index in [-0.39, 0.29) is 22.8 Å². The molecule has 0 N–H and O–H groups in total. The molecule has 146 valence electrons. The molecule has 1 aliphatic heterocycles. The van der Waals surface area contributed by atoms with Crippen LogP contribution in [0.15, 0.2) is 53.4 Å². The third-order valence-electron chi connectivity index (χ3n) is 4.76. The van der Waals surface area contributed by atoms with Gasteiger partial charge in [0.05, 0.1) is 35.2 Å². The highest BCUT2D eigenvalue weighted by atomic mass is 32.2. The molecule has 0 radical (unpaired) electrons. The quantitative estimate of drug-likeness (QED) is 0.733. The molecule has 0 amide bonds. The highest BCUT2D eigenvalue weighted by Gasteiger charge is 2.39. The maximum Gasteiger partial charge on any atom is 0.264 e. The Hall–Kier alpha value is -2.06. The Kier molecular flexibility index (Phi) is 5.48. The smallest absolute Gasteiger partial charge is 0.264 e. The lowest BCUT2D eigenvalue weighted by Gasteiger charge is -2.29. The third kappa shape index (κ3) is 4.11. The lowest BCUT2D eigenvalue weighted by atomic mass is 10.2. The minimum absolute atomic E-state index is 0.00534. The van der Waals surface area contributed by atoms with Gasteiger partial charge in [-0.3, -0.25) is 4.31 Å². The van der Waals surface area contributed by atoms with E-state index in [4.69, 9.17) is 4.74 Å². The second-order valence-corrected chi connectivity index (χ2v) is 10.6. The van der Waals surface area contributed by atoms with Crippen LogP contribution in [0.3, 0.4) is 0 Å². The average molecular weight is 410 g/mol. The first kappa shape index (κ1) is 19.7. The number of methoxy groups -OCH3 is 1. The SMILES string of the molecule is CCc1ccc(S(=O)(=O)N(c2ccc(OC)cc2)[C@@H]2CCS(=O)(=O)C2)cc1. The van der Waals surface area contributed by atoms with Crippen LogP contribution in [0.5, 0.6) is 5.75 Å². The van der Waals surface area contributed by atoms with E-state index in [0.29, 0.717) is 11.4 Å². The van der Waals surface area contributed by atoms with Crippen molar-refractivity contribution in [2.75, 3.05) is 22.9 Å². The van der Waals surface area contributed by atoms with E-state index in [1.807, 2.05) is 6.92 Å². The van der Waals surface area contributed by atoms with Crippen molar-refractivity contribution in [2.45, 2.75) is 30.7 Å². The number of sulfone groups is 1. The topological polar surface area (TPSA) is 80.8 Å². The Labute approximate surface area is 160 Å². The molecule has 0 aliphatic carbocycles. The van der Waals surface area contributed by atoms with E-state index in [1.165, 1.54) is 11.4 Å². The van der Waals surface area contributed by atoms with Crippen LogP contribution >= 0.6 is 0 Å². The molecule has 1 aliphatic rings. The Morgan fingerprint density at radius 1 is 1.07 bits per heavy atom. The molecule has 1 saturated heterocycles. The largest absolute Gasteiger partial charge is 0.497 e. The number of sulfonamides is 1. The molecule has 1 fully saturated rings. The Bertz CT molecular complexity index is 997. The zero-order chi connectivity index (χ0) is 19.7. The first-order valence-electron chi connectivity index (χ1n) is 8.74. The normalized spacial score (nSPS) is 19.0. The zero-order valence-corrected chi connectivity index (χ0v) is 17.0. The van der Waals surface area contributed by atoms with Gasteiger partial charge in [-0.25, -0.2) is 16.8 Å². The molecule has 0 unspecified atom stereocenters. The molecule has 8 heteroatoms. The molecule has 1 heterocycles. The van der Waals surface area contributed by atoms with E-state index in [2.05, 4.69) is 0 Å². The van der Waals surface area contributed by atoms with Crippen LogP contribution in [-0.4, -0.2) is 41.5 Å². The molecule has 0 spiro atoms. The molecule has 1 atom stereocenters. The van der Waals surface area contributed by atoms with Crippen molar-refractivity contribution in [1.82, 2.24) is 0 Å². The van der Waals surface area contributed by atoms with Crippen LogP contribution < -0.4 is 9.04 Å². The van der Waals surface area contributed by atoms with E-state index in [0.717, 1.165) is 12.0 Å². The van der Waals surface area contributed by atoms with Crippen LogP contribution in [0.4, 0.5) is 5.69 Å². The Balaban J connectivity index is 2.07. The molecule has 2 aromatic rings. The van der Waals surface area contributed by atoms with Crippen molar-refractivity contribution in [1.29, 1.82) is 0 Å². The summed E-state index contributed by atoms with van der Waals surface area (Å²) in [5, 5.41) is 0. The summed E-state index contributed by atoms with van der Waals surface area (Å²) in [4.78, 5) is 0.153. The number of hydrogen-bond donors (Lipinski definition) is 0. The fourth-order valence-electron chi connectivity index (χ4n) is 3.25. The van der Waals surface area contributed by atoms with Crippen LogP contribution in [0.1, 0.15) is 18.9 Å². The van der Waals surface area contributed by atoms with Gasteiger partial charge in [0.15, 0.2) is 9.84 Å². The van der Waals surface area contributed by atoms with Crippen molar-refractivity contribution in [3.63, 3.8) is 0 Å². The van der Waals surface area contributed by atoms with Gasteiger partial charge in [-0.05, 0) is 54.8 Å². The monoisotopic (exact) mass is 409 g/mol. The van der Waals surface area contributed by atoms with Gasteiger partial charge < -0.3 is 4.74 Å². The van der Waals surface area contributed by atoms with E-state index < -0.39 is 25.9 Å². The van der Waals surface area contributed by atoms with E-state index in [9.17, 15) is 16.8 Å².